The minimum atomic E-state index is -0.767. The maximum absolute atomic E-state index is 12.8. The minimum Gasteiger partial charge on any atom is -0.490 e. The van der Waals surface area contributed by atoms with Crippen molar-refractivity contribution < 1.29 is 19.1 Å². The topological polar surface area (TPSA) is 64.6 Å². The maximum atomic E-state index is 12.8. The Labute approximate surface area is 154 Å². The fourth-order valence-electron chi connectivity index (χ4n) is 2.53. The van der Waals surface area contributed by atoms with E-state index < -0.39 is 12.0 Å². The van der Waals surface area contributed by atoms with Gasteiger partial charge in [-0.3, -0.25) is 4.79 Å². The van der Waals surface area contributed by atoms with E-state index in [2.05, 4.69) is 5.32 Å². The summed E-state index contributed by atoms with van der Waals surface area (Å²) in [5.74, 6) is -0.329. The zero-order chi connectivity index (χ0) is 18.9. The number of hydrogen-bond donors (Lipinski definition) is 1. The normalized spacial score (nSPS) is 11.7. The average molecular weight is 355 g/mol. The van der Waals surface area contributed by atoms with Gasteiger partial charge in [-0.25, -0.2) is 4.79 Å². The largest absolute Gasteiger partial charge is 0.490 e. The van der Waals surface area contributed by atoms with Crippen molar-refractivity contribution in [2.24, 2.45) is 0 Å². The number of amides is 1. The molecule has 1 N–H and O–H groups in total. The highest BCUT2D eigenvalue weighted by Gasteiger charge is 2.24. The van der Waals surface area contributed by atoms with Crippen LogP contribution >= 0.6 is 0 Å². The standard InChI is InChI=1S/C21H25NO4/c1-4-25-21(24)18(14-16-10-6-5-7-11-16)22-20(23)17-12-8-9-13-19(17)26-15(2)3/h5-13,15,18H,4,14H2,1-3H3,(H,22,23). The number of para-hydroxylation sites is 1. The van der Waals surface area contributed by atoms with E-state index >= 15 is 0 Å². The number of carbonyl (C=O) groups is 2. The second-order valence-electron chi connectivity index (χ2n) is 6.13. The van der Waals surface area contributed by atoms with Crippen LogP contribution in [-0.4, -0.2) is 30.6 Å². The lowest BCUT2D eigenvalue weighted by molar-refractivity contribution is -0.145. The van der Waals surface area contributed by atoms with Crippen LogP contribution in [0.4, 0.5) is 0 Å². The smallest absolute Gasteiger partial charge is 0.328 e. The molecular weight excluding hydrogens is 330 g/mol. The summed E-state index contributed by atoms with van der Waals surface area (Å²) < 4.78 is 10.8. The Kier molecular flexibility index (Phi) is 7.21. The minimum absolute atomic E-state index is 0.0610. The first-order chi connectivity index (χ1) is 12.5. The van der Waals surface area contributed by atoms with Crippen LogP contribution < -0.4 is 10.1 Å². The summed E-state index contributed by atoms with van der Waals surface area (Å²) >= 11 is 0. The van der Waals surface area contributed by atoms with Crippen molar-refractivity contribution in [3.05, 3.63) is 65.7 Å². The van der Waals surface area contributed by atoms with E-state index in [1.807, 2.05) is 44.2 Å². The molecule has 0 aliphatic heterocycles. The number of rotatable bonds is 8. The van der Waals surface area contributed by atoms with Crippen LogP contribution in [0, 0.1) is 0 Å². The Morgan fingerprint density at radius 3 is 2.31 bits per heavy atom. The van der Waals surface area contributed by atoms with Crippen LogP contribution in [-0.2, 0) is 16.0 Å². The Morgan fingerprint density at radius 2 is 1.65 bits per heavy atom. The molecule has 0 aliphatic carbocycles. The first-order valence-corrected chi connectivity index (χ1v) is 8.78. The summed E-state index contributed by atoms with van der Waals surface area (Å²) in [5.41, 5.74) is 1.33. The van der Waals surface area contributed by atoms with Crippen LogP contribution in [0.1, 0.15) is 36.7 Å². The maximum Gasteiger partial charge on any atom is 0.328 e. The molecule has 0 saturated carbocycles. The molecule has 0 spiro atoms. The highest BCUT2D eigenvalue weighted by molar-refractivity contribution is 5.99. The zero-order valence-corrected chi connectivity index (χ0v) is 15.4. The van der Waals surface area contributed by atoms with Gasteiger partial charge in [-0.1, -0.05) is 42.5 Å². The summed E-state index contributed by atoms with van der Waals surface area (Å²) in [5, 5.41) is 2.79. The molecule has 0 aliphatic rings. The molecule has 138 valence electrons. The van der Waals surface area contributed by atoms with Gasteiger partial charge in [0.15, 0.2) is 0 Å². The van der Waals surface area contributed by atoms with E-state index in [0.29, 0.717) is 17.7 Å². The van der Waals surface area contributed by atoms with Gasteiger partial charge in [0.2, 0.25) is 0 Å². The van der Waals surface area contributed by atoms with Gasteiger partial charge in [0, 0.05) is 6.42 Å². The molecule has 0 heterocycles. The predicted molar refractivity (Wildman–Crippen MR) is 100 cm³/mol. The lowest BCUT2D eigenvalue weighted by Gasteiger charge is -2.19. The second-order valence-corrected chi connectivity index (χ2v) is 6.13. The average Bonchev–Trinajstić information content (AvgIpc) is 2.62. The molecule has 26 heavy (non-hydrogen) atoms. The van der Waals surface area contributed by atoms with Crippen LogP contribution in [0.15, 0.2) is 54.6 Å². The molecule has 1 unspecified atom stereocenters. The van der Waals surface area contributed by atoms with Gasteiger partial charge in [-0.05, 0) is 38.5 Å². The molecule has 0 fully saturated rings. The van der Waals surface area contributed by atoms with Gasteiger partial charge in [0.1, 0.15) is 11.8 Å². The number of nitrogens with one attached hydrogen (secondary N) is 1. The molecule has 2 aromatic rings. The van der Waals surface area contributed by atoms with Crippen molar-refractivity contribution in [2.75, 3.05) is 6.61 Å². The van der Waals surface area contributed by atoms with Gasteiger partial charge in [0.25, 0.3) is 5.91 Å². The van der Waals surface area contributed by atoms with Crippen LogP contribution in [0.2, 0.25) is 0 Å². The van der Waals surface area contributed by atoms with Gasteiger partial charge in [0.05, 0.1) is 18.3 Å². The van der Waals surface area contributed by atoms with Gasteiger partial charge in [-0.2, -0.15) is 0 Å². The number of esters is 1. The number of hydrogen-bond acceptors (Lipinski definition) is 4. The molecule has 0 saturated heterocycles. The summed E-state index contributed by atoms with van der Waals surface area (Å²) in [6, 6.07) is 15.7. The molecule has 2 rings (SSSR count). The lowest BCUT2D eigenvalue weighted by atomic mass is 10.1. The van der Waals surface area contributed by atoms with Crippen molar-refractivity contribution in [2.45, 2.75) is 39.3 Å². The third kappa shape index (κ3) is 5.62. The number of ether oxygens (including phenoxy) is 2. The SMILES string of the molecule is CCOC(=O)C(Cc1ccccc1)NC(=O)c1ccccc1OC(C)C. The number of benzene rings is 2. The van der Waals surface area contributed by atoms with Gasteiger partial charge >= 0.3 is 5.97 Å². The molecule has 5 heteroatoms. The van der Waals surface area contributed by atoms with E-state index in [4.69, 9.17) is 9.47 Å². The fourth-order valence-corrected chi connectivity index (χ4v) is 2.53. The van der Waals surface area contributed by atoms with Crippen molar-refractivity contribution in [1.82, 2.24) is 5.32 Å². The lowest BCUT2D eigenvalue weighted by Crippen LogP contribution is -2.43. The first-order valence-electron chi connectivity index (χ1n) is 8.78. The van der Waals surface area contributed by atoms with Crippen molar-refractivity contribution >= 4 is 11.9 Å². The molecule has 0 radical (unpaired) electrons. The first kappa shape index (κ1) is 19.5. The second kappa shape index (κ2) is 9.61. The molecular formula is C21H25NO4. The summed E-state index contributed by atoms with van der Waals surface area (Å²) in [6.07, 6.45) is 0.299. The highest BCUT2D eigenvalue weighted by Crippen LogP contribution is 2.19. The van der Waals surface area contributed by atoms with Crippen molar-refractivity contribution in [3.63, 3.8) is 0 Å². The van der Waals surface area contributed by atoms with Gasteiger partial charge in [-0.15, -0.1) is 0 Å². The quantitative estimate of drug-likeness (QED) is 0.737. The molecule has 0 aromatic heterocycles. The third-order valence-electron chi connectivity index (χ3n) is 3.65. The third-order valence-corrected chi connectivity index (χ3v) is 3.65. The summed E-state index contributed by atoms with van der Waals surface area (Å²) in [4.78, 5) is 25.1. The van der Waals surface area contributed by atoms with E-state index in [9.17, 15) is 9.59 Å². The summed E-state index contributed by atoms with van der Waals surface area (Å²) in [7, 11) is 0. The van der Waals surface area contributed by atoms with E-state index in [1.165, 1.54) is 0 Å². The Hall–Kier alpha value is -2.82. The Balaban J connectivity index is 2.19. The predicted octanol–water partition coefficient (Wildman–Crippen LogP) is 3.38. The fraction of sp³-hybridized carbons (Fsp3) is 0.333. The zero-order valence-electron chi connectivity index (χ0n) is 15.4. The van der Waals surface area contributed by atoms with Crippen molar-refractivity contribution in [1.29, 1.82) is 0 Å². The molecule has 5 nitrogen and oxygen atoms in total. The molecule has 0 bridgehead atoms. The van der Waals surface area contributed by atoms with E-state index in [0.717, 1.165) is 5.56 Å². The number of carbonyl (C=O) groups excluding carboxylic acids is 2. The van der Waals surface area contributed by atoms with Gasteiger partial charge < -0.3 is 14.8 Å². The van der Waals surface area contributed by atoms with E-state index in [-0.39, 0.29) is 18.6 Å². The Bertz CT molecular complexity index is 728. The van der Waals surface area contributed by atoms with Crippen LogP contribution in [0.3, 0.4) is 0 Å². The summed E-state index contributed by atoms with van der Waals surface area (Å²) in [6.45, 7) is 5.79. The molecule has 1 amide bonds. The Morgan fingerprint density at radius 1 is 1.00 bits per heavy atom. The highest BCUT2D eigenvalue weighted by atomic mass is 16.5. The molecule has 2 aromatic carbocycles. The van der Waals surface area contributed by atoms with E-state index in [1.54, 1.807) is 31.2 Å². The van der Waals surface area contributed by atoms with Crippen LogP contribution in [0.25, 0.3) is 0 Å². The van der Waals surface area contributed by atoms with Crippen LogP contribution in [0.5, 0.6) is 5.75 Å². The molecule has 1 atom stereocenters. The van der Waals surface area contributed by atoms with Crippen molar-refractivity contribution in [3.8, 4) is 5.75 Å². The monoisotopic (exact) mass is 355 g/mol.